The normalized spacial score (nSPS) is 18.5. The predicted octanol–water partition coefficient (Wildman–Crippen LogP) is 0.510. The molecule has 2 heterocycles. The topological polar surface area (TPSA) is 84.4 Å². The summed E-state index contributed by atoms with van der Waals surface area (Å²) in [5.41, 5.74) is 6.76. The van der Waals surface area contributed by atoms with E-state index in [1.54, 1.807) is 7.05 Å². The van der Waals surface area contributed by atoms with Crippen molar-refractivity contribution in [2.24, 2.45) is 7.05 Å². The van der Waals surface area contributed by atoms with Crippen molar-refractivity contribution >= 4 is 11.8 Å². The Kier molecular flexibility index (Phi) is 3.06. The molecule has 0 bridgehead atoms. The van der Waals surface area contributed by atoms with E-state index < -0.39 is 5.97 Å². The van der Waals surface area contributed by atoms with Crippen molar-refractivity contribution in [3.8, 4) is 0 Å². The highest BCUT2D eigenvalue weighted by Crippen LogP contribution is 2.33. The van der Waals surface area contributed by atoms with Gasteiger partial charge in [0.05, 0.1) is 0 Å². The van der Waals surface area contributed by atoms with E-state index in [4.69, 9.17) is 10.8 Å². The first kappa shape index (κ1) is 11.9. The molecule has 1 saturated heterocycles. The molecule has 0 aromatic carbocycles. The highest BCUT2D eigenvalue weighted by Gasteiger charge is 2.28. The van der Waals surface area contributed by atoms with Gasteiger partial charge in [-0.3, -0.25) is 4.68 Å². The van der Waals surface area contributed by atoms with E-state index in [9.17, 15) is 4.79 Å². The number of nitrogens with two attached hydrogens (primary N) is 1. The quantitative estimate of drug-likeness (QED) is 0.784. The van der Waals surface area contributed by atoms with E-state index in [2.05, 4.69) is 17.0 Å². The van der Waals surface area contributed by atoms with Gasteiger partial charge in [0, 0.05) is 12.6 Å². The van der Waals surface area contributed by atoms with Crippen LogP contribution in [0.2, 0.25) is 0 Å². The van der Waals surface area contributed by atoms with E-state index in [1.165, 1.54) is 4.68 Å². The number of carbonyl (C=O) groups is 1. The van der Waals surface area contributed by atoms with Crippen LogP contribution < -0.4 is 5.73 Å². The summed E-state index contributed by atoms with van der Waals surface area (Å²) in [6.07, 6.45) is 1.87. The van der Waals surface area contributed by atoms with Crippen LogP contribution in [-0.4, -0.2) is 45.9 Å². The minimum atomic E-state index is -0.994. The number of hydrogen-bond acceptors (Lipinski definition) is 4. The maximum absolute atomic E-state index is 11.2. The number of aryl methyl sites for hydroxylation is 1. The summed E-state index contributed by atoms with van der Waals surface area (Å²) in [5, 5.41) is 13.1. The van der Waals surface area contributed by atoms with Gasteiger partial charge in [-0.15, -0.1) is 0 Å². The molecule has 0 amide bonds. The second-order valence-electron chi connectivity index (χ2n) is 4.65. The molecule has 0 unspecified atom stereocenters. The Bertz CT molecular complexity index is 433. The second-order valence-corrected chi connectivity index (χ2v) is 4.65. The molecule has 1 aromatic heterocycles. The van der Waals surface area contributed by atoms with Gasteiger partial charge < -0.3 is 15.7 Å². The zero-order valence-electron chi connectivity index (χ0n) is 10.2. The molecule has 0 aliphatic carbocycles. The molecule has 6 heteroatoms. The van der Waals surface area contributed by atoms with Crippen LogP contribution in [-0.2, 0) is 7.05 Å². The van der Waals surface area contributed by atoms with E-state index >= 15 is 0 Å². The van der Waals surface area contributed by atoms with Crippen LogP contribution in [0.4, 0.5) is 5.82 Å². The van der Waals surface area contributed by atoms with Crippen LogP contribution in [0.15, 0.2) is 0 Å². The number of carboxylic acids is 1. The number of aromatic carboxylic acids is 1. The van der Waals surface area contributed by atoms with Crippen molar-refractivity contribution in [2.45, 2.75) is 18.8 Å². The van der Waals surface area contributed by atoms with Crippen molar-refractivity contribution in [2.75, 3.05) is 25.9 Å². The molecule has 1 aliphatic heterocycles. The fourth-order valence-corrected chi connectivity index (χ4v) is 2.41. The van der Waals surface area contributed by atoms with Crippen molar-refractivity contribution in [1.82, 2.24) is 14.7 Å². The van der Waals surface area contributed by atoms with Gasteiger partial charge in [-0.1, -0.05) is 0 Å². The van der Waals surface area contributed by atoms with Gasteiger partial charge in [0.1, 0.15) is 5.82 Å². The van der Waals surface area contributed by atoms with Crippen LogP contribution in [0.25, 0.3) is 0 Å². The van der Waals surface area contributed by atoms with Crippen molar-refractivity contribution in [3.63, 3.8) is 0 Å². The number of carboxylic acid groups (broad SMARTS) is 1. The highest BCUT2D eigenvalue weighted by atomic mass is 16.4. The van der Waals surface area contributed by atoms with Crippen molar-refractivity contribution in [1.29, 1.82) is 0 Å². The van der Waals surface area contributed by atoms with E-state index in [1.807, 2.05) is 0 Å². The fourth-order valence-electron chi connectivity index (χ4n) is 2.41. The summed E-state index contributed by atoms with van der Waals surface area (Å²) in [5.74, 6) is -0.297. The number of anilines is 1. The van der Waals surface area contributed by atoms with Gasteiger partial charge in [0.25, 0.3) is 0 Å². The number of rotatable bonds is 2. The number of hydrogen-bond donors (Lipinski definition) is 2. The first-order valence-electron chi connectivity index (χ1n) is 5.75. The second kappa shape index (κ2) is 4.37. The van der Waals surface area contributed by atoms with Gasteiger partial charge in [-0.2, -0.15) is 5.10 Å². The van der Waals surface area contributed by atoms with Crippen LogP contribution in [0.1, 0.15) is 34.8 Å². The molecule has 3 N–H and O–H groups in total. The first-order valence-corrected chi connectivity index (χ1v) is 5.75. The predicted molar refractivity (Wildman–Crippen MR) is 64.1 cm³/mol. The maximum atomic E-state index is 11.2. The lowest BCUT2D eigenvalue weighted by Crippen LogP contribution is -2.30. The Morgan fingerprint density at radius 1 is 1.41 bits per heavy atom. The van der Waals surface area contributed by atoms with Crippen LogP contribution >= 0.6 is 0 Å². The average Bonchev–Trinajstić information content (AvgIpc) is 2.57. The molecule has 6 nitrogen and oxygen atoms in total. The molecule has 2 rings (SSSR count). The number of likely N-dealkylation sites (tertiary alicyclic amines) is 1. The molecule has 1 aliphatic rings. The lowest BCUT2D eigenvalue weighted by molar-refractivity contribution is 0.0687. The minimum Gasteiger partial charge on any atom is -0.476 e. The summed E-state index contributed by atoms with van der Waals surface area (Å²) in [6.45, 7) is 1.94. The molecular weight excluding hydrogens is 220 g/mol. The van der Waals surface area contributed by atoms with Gasteiger partial charge in [-0.25, -0.2) is 4.79 Å². The lowest BCUT2D eigenvalue weighted by Gasteiger charge is -2.28. The zero-order chi connectivity index (χ0) is 12.6. The monoisotopic (exact) mass is 238 g/mol. The van der Waals surface area contributed by atoms with Gasteiger partial charge >= 0.3 is 5.97 Å². The molecule has 0 radical (unpaired) electrons. The lowest BCUT2D eigenvalue weighted by atomic mass is 9.89. The highest BCUT2D eigenvalue weighted by molar-refractivity contribution is 5.89. The summed E-state index contributed by atoms with van der Waals surface area (Å²) in [7, 11) is 3.75. The number of nitrogens with zero attached hydrogens (tertiary/aromatic N) is 3. The summed E-state index contributed by atoms with van der Waals surface area (Å²) >= 11 is 0. The van der Waals surface area contributed by atoms with E-state index in [-0.39, 0.29) is 11.6 Å². The third-order valence-corrected chi connectivity index (χ3v) is 3.46. The van der Waals surface area contributed by atoms with E-state index in [0.717, 1.165) is 25.9 Å². The summed E-state index contributed by atoms with van der Waals surface area (Å²) < 4.78 is 1.46. The number of piperidine rings is 1. The zero-order valence-corrected chi connectivity index (χ0v) is 10.2. The molecule has 17 heavy (non-hydrogen) atoms. The van der Waals surface area contributed by atoms with Gasteiger partial charge in [-0.05, 0) is 38.9 Å². The third kappa shape index (κ3) is 2.12. The third-order valence-electron chi connectivity index (χ3n) is 3.46. The molecule has 1 aromatic rings. The van der Waals surface area contributed by atoms with Crippen LogP contribution in [0, 0.1) is 0 Å². The smallest absolute Gasteiger partial charge is 0.356 e. The SMILES string of the molecule is CN1CCC(c2c(C(=O)O)nn(C)c2N)CC1. The van der Waals surface area contributed by atoms with Gasteiger partial charge in [0.2, 0.25) is 0 Å². The fraction of sp³-hybridized carbons (Fsp3) is 0.636. The molecule has 0 saturated carbocycles. The number of aromatic nitrogens is 2. The standard InChI is InChI=1S/C11H18N4O2/c1-14-5-3-7(4-6-14)8-9(11(16)17)13-15(2)10(8)12/h7H,3-6,12H2,1-2H3,(H,16,17). The van der Waals surface area contributed by atoms with Crippen LogP contribution in [0.5, 0.6) is 0 Å². The minimum absolute atomic E-state index is 0.111. The molecule has 94 valence electrons. The Hall–Kier alpha value is -1.56. The Labute approximate surface area is 100 Å². The molecule has 1 fully saturated rings. The Morgan fingerprint density at radius 2 is 2.00 bits per heavy atom. The Balaban J connectivity index is 2.33. The molecular formula is C11H18N4O2. The maximum Gasteiger partial charge on any atom is 0.356 e. The average molecular weight is 238 g/mol. The molecule has 0 spiro atoms. The van der Waals surface area contributed by atoms with E-state index in [0.29, 0.717) is 11.4 Å². The van der Waals surface area contributed by atoms with Crippen molar-refractivity contribution < 1.29 is 9.90 Å². The number of nitrogen functional groups attached to an aromatic ring is 1. The Morgan fingerprint density at radius 3 is 2.53 bits per heavy atom. The first-order chi connectivity index (χ1) is 8.00. The largest absolute Gasteiger partial charge is 0.476 e. The molecule has 0 atom stereocenters. The van der Waals surface area contributed by atoms with Crippen LogP contribution in [0.3, 0.4) is 0 Å². The van der Waals surface area contributed by atoms with Gasteiger partial charge in [0.15, 0.2) is 5.69 Å². The van der Waals surface area contributed by atoms with Crippen molar-refractivity contribution in [3.05, 3.63) is 11.3 Å². The summed E-state index contributed by atoms with van der Waals surface area (Å²) in [6, 6.07) is 0. The summed E-state index contributed by atoms with van der Waals surface area (Å²) in [4.78, 5) is 13.4.